The Morgan fingerprint density at radius 2 is 1.76 bits per heavy atom. The predicted octanol–water partition coefficient (Wildman–Crippen LogP) is 2.36. The summed E-state index contributed by atoms with van der Waals surface area (Å²) in [6.45, 7) is 9.73. The molecular formula is C26H32N2O8S. The number of nitrogens with zero attached hydrogens (tertiary/aromatic N) is 1. The third kappa shape index (κ3) is 3.95. The topological polar surface area (TPSA) is 150 Å². The lowest BCUT2D eigenvalue weighted by atomic mass is 9.70. The zero-order valence-corrected chi connectivity index (χ0v) is 22.6. The van der Waals surface area contributed by atoms with Crippen LogP contribution in [-0.4, -0.2) is 64.7 Å². The monoisotopic (exact) mass is 532 g/mol. The predicted molar refractivity (Wildman–Crippen MR) is 135 cm³/mol. The number of fused-ring (bicyclic) bond motifs is 3. The number of hydrogen-bond donors (Lipinski definition) is 3. The first-order chi connectivity index (χ1) is 17.1. The number of nitrogens with one attached hydrogen (secondary N) is 1. The maximum atomic E-state index is 13.9. The Kier molecular flexibility index (Phi) is 6.52. The number of Topliss-reactive ketones (excluding diaryl/α,β-unsaturated/α-hetero) is 2. The molecule has 1 atom stereocenters. The van der Waals surface area contributed by atoms with Gasteiger partial charge >= 0.3 is 0 Å². The highest BCUT2D eigenvalue weighted by Crippen LogP contribution is 2.57. The lowest BCUT2D eigenvalue weighted by Gasteiger charge is -2.34. The van der Waals surface area contributed by atoms with Crippen LogP contribution in [0, 0.1) is 6.92 Å². The Bertz CT molecular complexity index is 1400. The molecule has 11 heteroatoms. The number of rotatable bonds is 5. The van der Waals surface area contributed by atoms with Crippen molar-refractivity contribution >= 4 is 27.4 Å². The van der Waals surface area contributed by atoms with E-state index in [9.17, 15) is 33.0 Å². The number of piperidine rings is 1. The van der Waals surface area contributed by atoms with Crippen LogP contribution in [0.5, 0.6) is 17.2 Å². The number of carbonyl (C=O) groups is 3. The maximum Gasteiger partial charge on any atom is 0.216 e. The van der Waals surface area contributed by atoms with E-state index in [0.29, 0.717) is 31.6 Å². The molecule has 0 unspecified atom stereocenters. The fourth-order valence-electron chi connectivity index (χ4n) is 5.29. The Balaban J connectivity index is 1.69. The third-order valence-electron chi connectivity index (χ3n) is 7.59. The number of ketones is 3. The van der Waals surface area contributed by atoms with E-state index in [1.807, 2.05) is 0 Å². The van der Waals surface area contributed by atoms with Crippen LogP contribution in [0.25, 0.3) is 0 Å². The largest absolute Gasteiger partial charge is 0.507 e. The first-order valence-corrected chi connectivity index (χ1v) is 13.7. The number of benzene rings is 1. The van der Waals surface area contributed by atoms with Crippen molar-refractivity contribution in [3.05, 3.63) is 39.8 Å². The molecule has 2 heterocycles. The molecule has 4 rings (SSSR count). The molecule has 3 N–H and O–H groups in total. The van der Waals surface area contributed by atoms with Gasteiger partial charge in [0.1, 0.15) is 34.0 Å². The van der Waals surface area contributed by atoms with Gasteiger partial charge in [0.25, 0.3) is 0 Å². The van der Waals surface area contributed by atoms with E-state index in [4.69, 9.17) is 4.74 Å². The number of phenolic OH excluding ortho intramolecular Hbond substituents is 2. The summed E-state index contributed by atoms with van der Waals surface area (Å²) >= 11 is 0. The molecule has 10 nitrogen and oxygen atoms in total. The molecule has 1 saturated heterocycles. The van der Waals surface area contributed by atoms with E-state index < -0.39 is 43.8 Å². The van der Waals surface area contributed by atoms with E-state index in [-0.39, 0.29) is 45.6 Å². The molecule has 3 aliphatic rings. The first-order valence-electron chi connectivity index (χ1n) is 12.2. The van der Waals surface area contributed by atoms with Gasteiger partial charge < -0.3 is 20.3 Å². The van der Waals surface area contributed by atoms with Gasteiger partial charge in [-0.1, -0.05) is 0 Å². The molecule has 1 aromatic carbocycles. The van der Waals surface area contributed by atoms with Crippen LogP contribution in [0.1, 0.15) is 68.9 Å². The molecule has 37 heavy (non-hydrogen) atoms. The molecule has 0 spiro atoms. The highest BCUT2D eigenvalue weighted by Gasteiger charge is 2.56. The minimum atomic E-state index is -3.36. The van der Waals surface area contributed by atoms with Gasteiger partial charge in [-0.05, 0) is 54.4 Å². The number of hydrogen-bond acceptors (Lipinski definition) is 9. The average molecular weight is 533 g/mol. The number of carbonyl (C=O) groups excluding carboxylic acids is 3. The number of allylic oxidation sites excluding steroid dienone is 4. The second-order valence-corrected chi connectivity index (χ2v) is 12.8. The minimum Gasteiger partial charge on any atom is -0.507 e. The van der Waals surface area contributed by atoms with Gasteiger partial charge in [0.05, 0.1) is 16.4 Å². The zero-order chi connectivity index (χ0) is 27.6. The Hall–Kier alpha value is -3.18. The summed E-state index contributed by atoms with van der Waals surface area (Å²) in [5, 5.41) is 24.1. The lowest BCUT2D eigenvalue weighted by Crippen LogP contribution is -2.47. The molecule has 1 aromatic rings. The third-order valence-corrected chi connectivity index (χ3v) is 9.87. The normalized spacial score (nSPS) is 23.9. The Morgan fingerprint density at radius 1 is 1.16 bits per heavy atom. The highest BCUT2D eigenvalue weighted by molar-refractivity contribution is 7.89. The van der Waals surface area contributed by atoms with Crippen LogP contribution in [-0.2, 0) is 25.0 Å². The summed E-state index contributed by atoms with van der Waals surface area (Å²) in [5.74, 6) is -2.68. The highest BCUT2D eigenvalue weighted by atomic mass is 32.2. The average Bonchev–Trinajstić information content (AvgIpc) is 3.10. The second kappa shape index (κ2) is 8.98. The molecular weight excluding hydrogens is 500 g/mol. The van der Waals surface area contributed by atoms with E-state index in [1.54, 1.807) is 20.8 Å². The van der Waals surface area contributed by atoms with Gasteiger partial charge in [-0.25, -0.2) is 12.7 Å². The quantitative estimate of drug-likeness (QED) is 0.295. The summed E-state index contributed by atoms with van der Waals surface area (Å²) in [4.78, 5) is 39.3. The number of sulfonamides is 1. The van der Waals surface area contributed by atoms with E-state index in [2.05, 4.69) is 5.32 Å². The van der Waals surface area contributed by atoms with Crippen molar-refractivity contribution in [2.45, 2.75) is 71.1 Å². The van der Waals surface area contributed by atoms with E-state index >= 15 is 0 Å². The van der Waals surface area contributed by atoms with Crippen LogP contribution in [0.15, 0.2) is 23.1 Å². The van der Waals surface area contributed by atoms with E-state index in [0.717, 1.165) is 0 Å². The van der Waals surface area contributed by atoms with Gasteiger partial charge in [-0.3, -0.25) is 14.4 Å². The van der Waals surface area contributed by atoms with Crippen molar-refractivity contribution in [1.82, 2.24) is 9.62 Å². The van der Waals surface area contributed by atoms with Crippen molar-refractivity contribution in [3.8, 4) is 17.2 Å². The van der Waals surface area contributed by atoms with Gasteiger partial charge in [-0.15, -0.1) is 0 Å². The molecule has 1 fully saturated rings. The van der Waals surface area contributed by atoms with Crippen LogP contribution in [0.3, 0.4) is 0 Å². The SMILES string of the molecule is CC(=O)c1c(O)c(C)c(O)c2c1OC1=CC(=O)C(=C(C)NC3CCN(S(=O)(=O)C(C)C)CC3)C(=O)[C@@]12C. The van der Waals surface area contributed by atoms with Gasteiger partial charge in [-0.2, -0.15) is 0 Å². The molecule has 0 saturated carbocycles. The first kappa shape index (κ1) is 26.9. The lowest BCUT2D eigenvalue weighted by molar-refractivity contribution is -0.123. The number of aromatic hydroxyl groups is 2. The summed E-state index contributed by atoms with van der Waals surface area (Å²) < 4.78 is 32.2. The fourth-order valence-corrected chi connectivity index (χ4v) is 6.61. The molecule has 2 aliphatic heterocycles. The second-order valence-electron chi connectivity index (χ2n) is 10.3. The number of ether oxygens (including phenoxy) is 1. The fraction of sp³-hybridized carbons (Fsp3) is 0.500. The van der Waals surface area contributed by atoms with Crippen LogP contribution >= 0.6 is 0 Å². The molecule has 0 bridgehead atoms. The summed E-state index contributed by atoms with van der Waals surface area (Å²) in [7, 11) is -3.36. The number of phenols is 2. The van der Waals surface area contributed by atoms with Crippen molar-refractivity contribution in [2.24, 2.45) is 0 Å². The van der Waals surface area contributed by atoms with Crippen LogP contribution < -0.4 is 10.1 Å². The van der Waals surface area contributed by atoms with Crippen molar-refractivity contribution in [1.29, 1.82) is 0 Å². The standard InChI is InChI=1S/C26H32N2O8S/c1-12(2)37(34,35)28-9-7-16(8-10-28)27-14(4)19-17(30)11-18-26(6,25(19)33)21-23(32)13(3)22(31)20(15(5)29)24(21)36-18/h11-12,16,27,31-32H,7-10H2,1-6H3/t26-/m0/s1. The van der Waals surface area contributed by atoms with Gasteiger partial charge in [0, 0.05) is 36.5 Å². The van der Waals surface area contributed by atoms with Crippen molar-refractivity contribution in [3.63, 3.8) is 0 Å². The molecule has 0 radical (unpaired) electrons. The van der Waals surface area contributed by atoms with Crippen molar-refractivity contribution in [2.75, 3.05) is 13.1 Å². The van der Waals surface area contributed by atoms with Gasteiger partial charge in [0.2, 0.25) is 10.0 Å². The Labute approximate surface area is 216 Å². The van der Waals surface area contributed by atoms with Gasteiger partial charge in [0.15, 0.2) is 17.3 Å². The molecule has 1 aliphatic carbocycles. The summed E-state index contributed by atoms with van der Waals surface area (Å²) in [6, 6.07) is -0.145. The Morgan fingerprint density at radius 3 is 2.30 bits per heavy atom. The minimum absolute atomic E-state index is 0.0240. The van der Waals surface area contributed by atoms with Crippen LogP contribution in [0.2, 0.25) is 0 Å². The summed E-state index contributed by atoms with van der Waals surface area (Å²) in [6.07, 6.45) is 2.18. The smallest absolute Gasteiger partial charge is 0.216 e. The molecule has 200 valence electrons. The summed E-state index contributed by atoms with van der Waals surface area (Å²) in [5.41, 5.74) is -1.44. The molecule has 0 aromatic heterocycles. The zero-order valence-electron chi connectivity index (χ0n) is 21.8. The van der Waals surface area contributed by atoms with E-state index in [1.165, 1.54) is 31.2 Å². The maximum absolute atomic E-state index is 13.9. The van der Waals surface area contributed by atoms with Crippen LogP contribution in [0.4, 0.5) is 0 Å². The molecule has 0 amide bonds. The van der Waals surface area contributed by atoms with Crippen molar-refractivity contribution < 1.29 is 37.8 Å².